The highest BCUT2D eigenvalue weighted by molar-refractivity contribution is 7.98. The third kappa shape index (κ3) is 8.07. The minimum atomic E-state index is 0.368. The van der Waals surface area contributed by atoms with E-state index in [0.717, 1.165) is 0 Å². The van der Waals surface area contributed by atoms with Gasteiger partial charge in [-0.3, -0.25) is 4.79 Å². The summed E-state index contributed by atoms with van der Waals surface area (Å²) in [7, 11) is 1.50. The summed E-state index contributed by atoms with van der Waals surface area (Å²) in [4.78, 5) is 11.2. The first-order valence-corrected chi connectivity index (χ1v) is 6.90. The van der Waals surface area contributed by atoms with E-state index in [1.165, 1.54) is 23.7 Å². The second-order valence-corrected chi connectivity index (χ2v) is 4.17. The fourth-order valence-corrected chi connectivity index (χ4v) is 1.64. The summed E-state index contributed by atoms with van der Waals surface area (Å²) in [6.07, 6.45) is 4.27. The lowest BCUT2D eigenvalue weighted by molar-refractivity contribution is 0.111. The van der Waals surface area contributed by atoms with Crippen LogP contribution < -0.4 is 5.73 Å². The molecule has 0 unspecified atom stereocenters. The topological polar surface area (TPSA) is 68.9 Å². The van der Waals surface area contributed by atoms with Crippen molar-refractivity contribution in [3.63, 3.8) is 0 Å². The minimum Gasteiger partial charge on any atom is -0.333 e. The number of carbonyl (C=O) groups excluding carboxylic acids is 1. The van der Waals surface area contributed by atoms with Crippen LogP contribution in [0.25, 0.3) is 0 Å². The molecule has 0 spiro atoms. The molecule has 0 aliphatic carbocycles. The molecule has 1 heterocycles. The molecule has 0 fully saturated rings. The molecule has 0 saturated carbocycles. The third-order valence-electron chi connectivity index (χ3n) is 1.94. The van der Waals surface area contributed by atoms with E-state index in [4.69, 9.17) is 0 Å². The second kappa shape index (κ2) is 11.4. The molecular weight excluding hydrogens is 258 g/mol. The molecule has 0 aliphatic heterocycles. The van der Waals surface area contributed by atoms with Gasteiger partial charge in [0.2, 0.25) is 0 Å². The largest absolute Gasteiger partial charge is 0.333 e. The number of aromatic nitrogens is 2. The number of hydrogen-bond acceptors (Lipinski definition) is 5. The SMILES string of the molecule is CN.CSc1cccc(C)c1.O=Cc1cccnn1. The molecule has 0 radical (unpaired) electrons. The van der Waals surface area contributed by atoms with Crippen molar-refractivity contribution in [2.45, 2.75) is 11.8 Å². The minimum absolute atomic E-state index is 0.368. The Morgan fingerprint density at radius 1 is 1.21 bits per heavy atom. The highest BCUT2D eigenvalue weighted by Crippen LogP contribution is 2.14. The molecule has 0 atom stereocenters. The lowest BCUT2D eigenvalue weighted by atomic mass is 10.2. The molecule has 0 saturated heterocycles. The van der Waals surface area contributed by atoms with Gasteiger partial charge in [-0.05, 0) is 44.5 Å². The number of aryl methyl sites for hydroxylation is 1. The average Bonchev–Trinajstić information content (AvgIpc) is 2.50. The predicted molar refractivity (Wildman–Crippen MR) is 80.5 cm³/mol. The number of hydrogen-bond donors (Lipinski definition) is 1. The number of carbonyl (C=O) groups is 1. The van der Waals surface area contributed by atoms with Gasteiger partial charge in [0.15, 0.2) is 6.29 Å². The molecule has 4 nitrogen and oxygen atoms in total. The Kier molecular flexibility index (Phi) is 10.3. The highest BCUT2D eigenvalue weighted by atomic mass is 32.2. The Hall–Kier alpha value is -1.72. The van der Waals surface area contributed by atoms with E-state index in [9.17, 15) is 4.79 Å². The molecule has 2 rings (SSSR count). The maximum Gasteiger partial charge on any atom is 0.170 e. The zero-order valence-electron chi connectivity index (χ0n) is 11.4. The molecule has 2 aromatic rings. The van der Waals surface area contributed by atoms with Gasteiger partial charge in [-0.25, -0.2) is 0 Å². The van der Waals surface area contributed by atoms with E-state index in [0.29, 0.717) is 12.0 Å². The van der Waals surface area contributed by atoms with Gasteiger partial charge in [0.1, 0.15) is 5.69 Å². The molecule has 1 aromatic carbocycles. The van der Waals surface area contributed by atoms with Crippen molar-refractivity contribution in [3.8, 4) is 0 Å². The quantitative estimate of drug-likeness (QED) is 0.675. The standard InChI is InChI=1S/C8H10S.C5H4N2O.CH5N/c1-7-4-3-5-8(6-7)9-2;8-4-5-2-1-3-6-7-5;1-2/h3-6H,1-2H3;1-4H;2H2,1H3. The van der Waals surface area contributed by atoms with Crippen LogP contribution in [0.4, 0.5) is 0 Å². The molecule has 0 aliphatic rings. The second-order valence-electron chi connectivity index (χ2n) is 3.29. The Morgan fingerprint density at radius 2 is 1.95 bits per heavy atom. The van der Waals surface area contributed by atoms with Crippen LogP contribution in [0.2, 0.25) is 0 Å². The molecule has 5 heteroatoms. The van der Waals surface area contributed by atoms with Crippen molar-refractivity contribution < 1.29 is 4.79 Å². The van der Waals surface area contributed by atoms with E-state index in [-0.39, 0.29) is 0 Å². The van der Waals surface area contributed by atoms with E-state index in [2.05, 4.69) is 53.4 Å². The monoisotopic (exact) mass is 277 g/mol. The fraction of sp³-hybridized carbons (Fsp3) is 0.214. The van der Waals surface area contributed by atoms with Crippen LogP contribution >= 0.6 is 11.8 Å². The average molecular weight is 277 g/mol. The number of rotatable bonds is 2. The number of aldehydes is 1. The first-order valence-electron chi connectivity index (χ1n) is 5.67. The molecule has 102 valence electrons. The van der Waals surface area contributed by atoms with Gasteiger partial charge in [-0.1, -0.05) is 17.7 Å². The zero-order valence-corrected chi connectivity index (χ0v) is 12.2. The van der Waals surface area contributed by atoms with Gasteiger partial charge in [0.25, 0.3) is 0 Å². The Bertz CT molecular complexity index is 463. The molecular formula is C14H19N3OS. The lowest BCUT2D eigenvalue weighted by Gasteiger charge is -1.94. The summed E-state index contributed by atoms with van der Waals surface area (Å²) in [6.45, 7) is 2.11. The fourth-order valence-electron chi connectivity index (χ4n) is 1.12. The molecule has 2 N–H and O–H groups in total. The van der Waals surface area contributed by atoms with Gasteiger partial charge >= 0.3 is 0 Å². The lowest BCUT2D eigenvalue weighted by Crippen LogP contribution is -1.85. The molecule has 0 bridgehead atoms. The summed E-state index contributed by atoms with van der Waals surface area (Å²) >= 11 is 1.78. The van der Waals surface area contributed by atoms with Crippen molar-refractivity contribution in [1.82, 2.24) is 10.2 Å². The zero-order chi connectivity index (χ0) is 14.5. The van der Waals surface area contributed by atoms with E-state index in [1.807, 2.05) is 0 Å². The van der Waals surface area contributed by atoms with Crippen LogP contribution in [-0.2, 0) is 0 Å². The van der Waals surface area contributed by atoms with Gasteiger partial charge in [-0.15, -0.1) is 16.9 Å². The number of nitrogens with two attached hydrogens (primary N) is 1. The maximum absolute atomic E-state index is 9.90. The highest BCUT2D eigenvalue weighted by Gasteiger charge is 1.86. The van der Waals surface area contributed by atoms with Crippen molar-refractivity contribution in [3.05, 3.63) is 53.9 Å². The van der Waals surface area contributed by atoms with Crippen molar-refractivity contribution in [2.24, 2.45) is 5.73 Å². The van der Waals surface area contributed by atoms with E-state index < -0.39 is 0 Å². The van der Waals surface area contributed by atoms with Crippen molar-refractivity contribution in [2.75, 3.05) is 13.3 Å². The summed E-state index contributed by atoms with van der Waals surface area (Å²) in [5.74, 6) is 0. The van der Waals surface area contributed by atoms with E-state index >= 15 is 0 Å². The first kappa shape index (κ1) is 17.3. The Labute approximate surface area is 118 Å². The summed E-state index contributed by atoms with van der Waals surface area (Å²) < 4.78 is 0. The third-order valence-corrected chi connectivity index (χ3v) is 2.66. The molecule has 19 heavy (non-hydrogen) atoms. The Morgan fingerprint density at radius 3 is 2.32 bits per heavy atom. The van der Waals surface area contributed by atoms with Crippen molar-refractivity contribution in [1.29, 1.82) is 0 Å². The summed E-state index contributed by atoms with van der Waals surface area (Å²) in [5, 5.41) is 6.95. The Balaban J connectivity index is 0.000000303. The summed E-state index contributed by atoms with van der Waals surface area (Å²) in [5.41, 5.74) is 6.20. The first-order chi connectivity index (χ1) is 9.26. The van der Waals surface area contributed by atoms with Crippen LogP contribution in [0.3, 0.4) is 0 Å². The van der Waals surface area contributed by atoms with Crippen LogP contribution in [0.5, 0.6) is 0 Å². The van der Waals surface area contributed by atoms with Crippen LogP contribution in [-0.4, -0.2) is 29.8 Å². The van der Waals surface area contributed by atoms with Gasteiger partial charge in [-0.2, -0.15) is 5.10 Å². The smallest absolute Gasteiger partial charge is 0.170 e. The summed E-state index contributed by atoms with van der Waals surface area (Å²) in [6, 6.07) is 11.8. The normalized spacial score (nSPS) is 8.42. The van der Waals surface area contributed by atoms with Gasteiger partial charge in [0.05, 0.1) is 0 Å². The molecule has 1 aromatic heterocycles. The number of thioether (sulfide) groups is 1. The number of benzene rings is 1. The van der Waals surface area contributed by atoms with Crippen molar-refractivity contribution >= 4 is 18.0 Å². The number of nitrogens with zero attached hydrogens (tertiary/aromatic N) is 2. The van der Waals surface area contributed by atoms with Crippen LogP contribution in [0.15, 0.2) is 47.5 Å². The maximum atomic E-state index is 9.90. The van der Waals surface area contributed by atoms with Gasteiger partial charge < -0.3 is 5.73 Å². The van der Waals surface area contributed by atoms with Crippen LogP contribution in [0.1, 0.15) is 16.1 Å². The van der Waals surface area contributed by atoms with E-state index in [1.54, 1.807) is 23.9 Å². The van der Waals surface area contributed by atoms with Gasteiger partial charge in [0, 0.05) is 11.1 Å². The predicted octanol–water partition coefficient (Wildman–Crippen LogP) is 2.58. The molecule has 0 amide bonds. The van der Waals surface area contributed by atoms with Crippen LogP contribution in [0, 0.1) is 6.92 Å².